The molecule has 88 heavy (non-hydrogen) atoms. The van der Waals surface area contributed by atoms with Gasteiger partial charge in [0.2, 0.25) is 5.91 Å². The van der Waals surface area contributed by atoms with Gasteiger partial charge in [-0.3, -0.25) is 38.4 Å². The first-order valence-corrected chi connectivity index (χ1v) is 33.6. The van der Waals surface area contributed by atoms with Crippen LogP contribution in [-0.2, 0) is 57.6 Å². The van der Waals surface area contributed by atoms with E-state index in [1.165, 1.54) is 25.3 Å². The molecule has 21 heteroatoms. The van der Waals surface area contributed by atoms with Crippen molar-refractivity contribution >= 4 is 32.1 Å². The Morgan fingerprint density at radius 1 is 0.727 bits per heavy atom. The molecule has 0 spiro atoms. The molecular formula is C67H98N4O16Si. The number of nitrogens with zero attached hydrogens (tertiary/aromatic N) is 2. The van der Waals surface area contributed by atoms with Gasteiger partial charge in [0.1, 0.15) is 34.8 Å². The summed E-state index contributed by atoms with van der Waals surface area (Å²) in [4.78, 5) is 80.0. The van der Waals surface area contributed by atoms with Gasteiger partial charge in [-0.15, -0.1) is 0 Å². The minimum Gasteiger partial charge on any atom is -0.497 e. The van der Waals surface area contributed by atoms with Gasteiger partial charge in [0.25, 0.3) is 5.56 Å². The van der Waals surface area contributed by atoms with Gasteiger partial charge in [-0.25, -0.2) is 4.79 Å². The third-order valence-electron chi connectivity index (χ3n) is 17.2. The topological polar surface area (TPSA) is 242 Å². The highest BCUT2D eigenvalue weighted by molar-refractivity contribution is 6.77. The summed E-state index contributed by atoms with van der Waals surface area (Å²) in [6.07, 6.45) is 5.77. The molecule has 3 heterocycles. The van der Waals surface area contributed by atoms with Crippen LogP contribution in [0.1, 0.15) is 168 Å². The molecule has 2 saturated heterocycles. The maximum atomic E-state index is 13.9. The molecule has 6 rings (SSSR count). The number of carbonyl (C=O) groups excluding carboxylic acids is 3. The summed E-state index contributed by atoms with van der Waals surface area (Å²) in [5.41, 5.74) is 0.503. The Morgan fingerprint density at radius 2 is 1.25 bits per heavy atom. The van der Waals surface area contributed by atoms with Gasteiger partial charge < -0.3 is 52.7 Å². The third-order valence-corrected chi connectivity index (χ3v) is 23.3. The molecule has 3 aromatic carbocycles. The monoisotopic (exact) mass is 1240 g/mol. The zero-order chi connectivity index (χ0) is 64.2. The summed E-state index contributed by atoms with van der Waals surface area (Å²) in [7, 11) is 0.747. The van der Waals surface area contributed by atoms with E-state index in [2.05, 4.69) is 68.9 Å². The second-order valence-electron chi connectivity index (χ2n) is 24.6. The summed E-state index contributed by atoms with van der Waals surface area (Å²) in [6.45, 7) is 21.0. The first-order valence-electron chi connectivity index (χ1n) is 31.4. The largest absolute Gasteiger partial charge is 0.497 e. The van der Waals surface area contributed by atoms with Crippen LogP contribution < -0.4 is 26.0 Å². The second kappa shape index (κ2) is 33.6. The number of unbranched alkanes of at least 4 members (excludes halogenated alkanes) is 9. The molecule has 1 aromatic heterocycles. The van der Waals surface area contributed by atoms with Gasteiger partial charge >= 0.3 is 23.6 Å². The molecule has 4 aromatic rings. The van der Waals surface area contributed by atoms with Gasteiger partial charge in [-0.1, -0.05) is 148 Å². The molecule has 3 N–H and O–H groups in total. The Kier molecular flexibility index (Phi) is 27.0. The Balaban J connectivity index is 1.16. The number of hydrogen-bond acceptors (Lipinski definition) is 16. The minimum absolute atomic E-state index is 0.0462. The number of aromatic nitrogens is 2. The van der Waals surface area contributed by atoms with Crippen LogP contribution in [0.5, 0.6) is 11.5 Å². The van der Waals surface area contributed by atoms with Crippen molar-refractivity contribution in [2.45, 2.75) is 211 Å². The van der Waals surface area contributed by atoms with E-state index in [1.54, 1.807) is 27.3 Å². The molecule has 2 aliphatic rings. The Hall–Kier alpha value is -6.20. The van der Waals surface area contributed by atoms with Gasteiger partial charge in [0.15, 0.2) is 33.0 Å². The normalized spacial score (nSPS) is 20.9. The fourth-order valence-corrected chi connectivity index (χ4v) is 18.6. The first kappa shape index (κ1) is 70.9. The number of benzene rings is 3. The summed E-state index contributed by atoms with van der Waals surface area (Å²) >= 11 is 0. The van der Waals surface area contributed by atoms with Crippen LogP contribution in [-0.4, -0.2) is 142 Å². The van der Waals surface area contributed by atoms with E-state index >= 15 is 0 Å². The predicted molar refractivity (Wildman–Crippen MR) is 337 cm³/mol. The first-order chi connectivity index (χ1) is 42.0. The molecule has 0 unspecified atom stereocenters. The standard InChI is InChI=1S/C67H98N4O16Si/c1-45(2)88(46(3)4,47(5)6)83-44-66(43-82-67(52-26-22-21-23-27-52,53-28-32-55(79-11)33-29-53)54-30-34-56(80-12)35-31-54)42-70(41-58(87-66)71-40-48(7)63(77)69-65(71)78)38-24-19-17-15-13-14-16-18-20-25-39-81-64-60(68-49(8)72)62(85-51(10)74)61(84-50(9)73)57(86-64)36-37-59(75)76/h21-23,26-35,40,45-47,57-58,60-62,64H,13-20,24-25,36-39,41-44H2,1-12H3,(H,68,72)(H,75,76)(H,69,77,78)/t57-,58-,60-,61-,62-,64-,66+/m1/s1. The van der Waals surface area contributed by atoms with Crippen molar-refractivity contribution in [3.63, 3.8) is 0 Å². The number of carboxylic acid groups (broad SMARTS) is 1. The zero-order valence-electron chi connectivity index (χ0n) is 54.0. The molecule has 2 aliphatic heterocycles. The van der Waals surface area contributed by atoms with Gasteiger partial charge in [0, 0.05) is 58.6 Å². The van der Waals surface area contributed by atoms with E-state index in [0.717, 1.165) is 81.0 Å². The van der Waals surface area contributed by atoms with E-state index in [0.29, 0.717) is 36.6 Å². The smallest absolute Gasteiger partial charge is 0.330 e. The van der Waals surface area contributed by atoms with Crippen molar-refractivity contribution < 1.29 is 66.6 Å². The molecular weight excluding hydrogens is 1140 g/mol. The van der Waals surface area contributed by atoms with Gasteiger partial charge in [0.05, 0.1) is 27.4 Å². The number of H-pyrrole nitrogens is 1. The van der Waals surface area contributed by atoms with E-state index in [9.17, 15) is 33.9 Å². The number of hydrogen-bond donors (Lipinski definition) is 3. The average Bonchev–Trinajstić information content (AvgIpc) is 0.818. The van der Waals surface area contributed by atoms with Crippen LogP contribution in [0, 0.1) is 6.92 Å². The van der Waals surface area contributed by atoms with Crippen molar-refractivity contribution in [1.29, 1.82) is 0 Å². The zero-order valence-corrected chi connectivity index (χ0v) is 55.0. The lowest BCUT2D eigenvalue weighted by Gasteiger charge is -2.50. The number of aryl methyl sites for hydroxylation is 1. The van der Waals surface area contributed by atoms with E-state index in [1.807, 2.05) is 66.7 Å². The third kappa shape index (κ3) is 18.7. The van der Waals surface area contributed by atoms with Crippen molar-refractivity contribution in [1.82, 2.24) is 19.8 Å². The van der Waals surface area contributed by atoms with Crippen LogP contribution in [0.15, 0.2) is 94.6 Å². The lowest BCUT2D eigenvalue weighted by atomic mass is 9.79. The fourth-order valence-electron chi connectivity index (χ4n) is 13.1. The fraction of sp³-hybridized carbons (Fsp3) is 0.612. The number of aromatic amines is 1. The van der Waals surface area contributed by atoms with Gasteiger partial charge in [-0.05, 0) is 90.3 Å². The van der Waals surface area contributed by atoms with Crippen molar-refractivity contribution in [2.75, 3.05) is 53.7 Å². The lowest BCUT2D eigenvalue weighted by Crippen LogP contribution is -2.65. The Labute approximate surface area is 520 Å². The molecule has 2 fully saturated rings. The van der Waals surface area contributed by atoms with Crippen LogP contribution in [0.2, 0.25) is 16.6 Å². The maximum Gasteiger partial charge on any atom is 0.330 e. The molecule has 0 aliphatic carbocycles. The van der Waals surface area contributed by atoms with Crippen molar-refractivity contribution in [3.8, 4) is 11.5 Å². The van der Waals surface area contributed by atoms with Gasteiger partial charge in [-0.2, -0.15) is 0 Å². The van der Waals surface area contributed by atoms with Crippen LogP contribution in [0.4, 0.5) is 0 Å². The number of nitrogens with one attached hydrogen (secondary N) is 2. The molecule has 7 atom stereocenters. The highest BCUT2D eigenvalue weighted by Gasteiger charge is 2.53. The molecule has 486 valence electrons. The van der Waals surface area contributed by atoms with Crippen LogP contribution >= 0.6 is 0 Å². The number of ether oxygens (including phenoxy) is 8. The maximum absolute atomic E-state index is 13.9. The number of morpholine rings is 1. The van der Waals surface area contributed by atoms with Crippen molar-refractivity contribution in [3.05, 3.63) is 128 Å². The van der Waals surface area contributed by atoms with E-state index in [4.69, 9.17) is 42.3 Å². The number of carboxylic acids is 1. The number of amides is 1. The van der Waals surface area contributed by atoms with E-state index in [-0.39, 0.29) is 49.3 Å². The van der Waals surface area contributed by atoms with Crippen molar-refractivity contribution in [2.24, 2.45) is 0 Å². The molecule has 20 nitrogen and oxygen atoms in total. The molecule has 0 saturated carbocycles. The summed E-state index contributed by atoms with van der Waals surface area (Å²) in [5.74, 6) is -1.48. The minimum atomic E-state index is -2.55. The molecule has 0 radical (unpaired) electrons. The Morgan fingerprint density at radius 3 is 1.76 bits per heavy atom. The summed E-state index contributed by atoms with van der Waals surface area (Å²) in [5, 5.41) is 12.2. The molecule has 0 bridgehead atoms. The average molecular weight is 1240 g/mol. The Bertz CT molecular complexity index is 2890. The second-order valence-corrected chi connectivity index (χ2v) is 30.1. The summed E-state index contributed by atoms with van der Waals surface area (Å²) < 4.78 is 59.0. The number of carbonyl (C=O) groups is 4. The SMILES string of the molecule is COc1ccc(C(OC[C@]2(CO[Si](C(C)C)(C(C)C)C(C)C)CN(CCCCCCCCCCCCO[C@@H]3O[C@H](CCC(=O)O)[C@@H](OC(C)=O)[C@H](OC(C)=O)[C@H]3NC(C)=O)C[C@H](n3cc(C)c(=O)[nH]c3=O)O2)(c2ccccc2)c2ccc(OC)cc2)cc1. The number of aliphatic carboxylic acids is 1. The lowest BCUT2D eigenvalue weighted by molar-refractivity contribution is -0.273. The molecule has 1 amide bonds. The quantitative estimate of drug-likeness (QED) is 0.0168. The number of esters is 2. The van der Waals surface area contributed by atoms with E-state index < -0.39 is 91.5 Å². The van der Waals surface area contributed by atoms with Crippen LogP contribution in [0.25, 0.3) is 0 Å². The highest BCUT2D eigenvalue weighted by atomic mass is 28.4. The highest BCUT2D eigenvalue weighted by Crippen LogP contribution is 2.46. The predicted octanol–water partition coefficient (Wildman–Crippen LogP) is 10.5. The van der Waals surface area contributed by atoms with Crippen LogP contribution in [0.3, 0.4) is 0 Å². The number of rotatable bonds is 35. The number of methoxy groups -OCH3 is 2. The summed E-state index contributed by atoms with van der Waals surface area (Å²) in [6, 6.07) is 25.0.